The summed E-state index contributed by atoms with van der Waals surface area (Å²) in [5.74, 6) is 8.00. The van der Waals surface area contributed by atoms with Gasteiger partial charge in [-0.3, -0.25) is 11.7 Å². The maximum Gasteiger partial charge on any atom is 0.334 e. The molecule has 0 fully saturated rings. The zero-order valence-electron chi connectivity index (χ0n) is 4.25. The molecule has 0 aliphatic rings. The largest absolute Gasteiger partial charge is 0.334 e. The summed E-state index contributed by atoms with van der Waals surface area (Å²) in [6.07, 6.45) is 0. The molecule has 8 N–H and O–H groups in total. The highest BCUT2D eigenvalue weighted by Gasteiger charge is 2.05. The van der Waals surface area contributed by atoms with Gasteiger partial charge in [-0.2, -0.15) is 0 Å². The van der Waals surface area contributed by atoms with E-state index in [1.54, 1.807) is 0 Å². The normalized spacial score (nSPS) is 9.33. The summed E-state index contributed by atoms with van der Waals surface area (Å²) in [5.41, 5.74) is 0. The lowest BCUT2D eigenvalue weighted by molar-refractivity contribution is 0.324. The second-order valence-corrected chi connectivity index (χ2v) is 2.25. The van der Waals surface area contributed by atoms with Crippen molar-refractivity contribution in [3.63, 3.8) is 0 Å². The van der Waals surface area contributed by atoms with E-state index in [9.17, 15) is 0 Å². The predicted molar refractivity (Wildman–Crippen MR) is 32.2 cm³/mol. The fraction of sp³-hybridized carbons (Fsp3) is 0. The van der Waals surface area contributed by atoms with Gasteiger partial charge in [0.25, 0.3) is 0 Å². The van der Waals surface area contributed by atoms with Gasteiger partial charge in [0.2, 0.25) is 0 Å². The van der Waals surface area contributed by atoms with Gasteiger partial charge in [-0.15, -0.1) is 0 Å². The van der Waals surface area contributed by atoms with E-state index in [1.807, 2.05) is 0 Å². The molecule has 9 heteroatoms. The minimum absolute atomic E-state index is 2.61. The molecule has 0 rings (SSSR count). The van der Waals surface area contributed by atoms with E-state index in [-0.39, 0.29) is 0 Å². The average molecular weight is 178 g/mol. The maximum absolute atomic E-state index is 7.82. The molecule has 0 heterocycles. The molecule has 0 radical (unpaired) electrons. The molecule has 9 heavy (non-hydrogen) atoms. The van der Waals surface area contributed by atoms with Gasteiger partial charge in [0.15, 0.2) is 0 Å². The van der Waals surface area contributed by atoms with Crippen molar-refractivity contribution in [2.24, 2.45) is 11.7 Å². The zero-order chi connectivity index (χ0) is 7.86. The van der Waals surface area contributed by atoms with Crippen molar-refractivity contribution in [3.05, 3.63) is 0 Å². The van der Waals surface area contributed by atoms with Gasteiger partial charge in [-0.25, -0.2) is 4.31 Å². The van der Waals surface area contributed by atoms with E-state index in [1.165, 1.54) is 0 Å². The van der Waals surface area contributed by atoms with Crippen LogP contribution in [0.25, 0.3) is 0 Å². The van der Waals surface area contributed by atoms with Crippen molar-refractivity contribution in [2.75, 3.05) is 0 Å². The highest BCUT2D eigenvalue weighted by atomic mass is 31.2. The van der Waals surface area contributed by atoms with E-state index in [4.69, 9.17) is 19.6 Å². The lowest BCUT2D eigenvalue weighted by Gasteiger charge is -2.00. The Morgan fingerprint density at radius 2 is 1.11 bits per heavy atom. The molecular formula is H8N2O5P2. The van der Waals surface area contributed by atoms with Crippen LogP contribution in [0.4, 0.5) is 0 Å². The summed E-state index contributed by atoms with van der Waals surface area (Å²) in [4.78, 5) is 31.3. The zero-order valence-corrected chi connectivity index (χ0v) is 6.04. The van der Waals surface area contributed by atoms with Crippen LogP contribution in [0.5, 0.6) is 0 Å². The Hall–Kier alpha value is 0.580. The highest BCUT2D eigenvalue weighted by Crippen LogP contribution is 2.41. The molecule has 0 unspecified atom stereocenters. The van der Waals surface area contributed by atoms with E-state index < -0.39 is 17.2 Å². The van der Waals surface area contributed by atoms with Crippen LogP contribution >= 0.6 is 17.2 Å². The highest BCUT2D eigenvalue weighted by molar-refractivity contribution is 7.53. The van der Waals surface area contributed by atoms with Crippen LogP contribution < -0.4 is 11.7 Å². The summed E-state index contributed by atoms with van der Waals surface area (Å²) >= 11 is 0. The first-order valence-corrected chi connectivity index (χ1v) is 3.83. The molecule has 0 saturated heterocycles. The van der Waals surface area contributed by atoms with Gasteiger partial charge < -0.3 is 19.6 Å². The Morgan fingerprint density at radius 3 is 1.11 bits per heavy atom. The van der Waals surface area contributed by atoms with Crippen LogP contribution in [0.3, 0.4) is 0 Å². The Kier molecular flexibility index (Phi) is 11.7. The lowest BCUT2D eigenvalue weighted by atomic mass is 13.0. The van der Waals surface area contributed by atoms with Crippen LogP contribution in [0.15, 0.2) is 0 Å². The van der Waals surface area contributed by atoms with E-state index in [0.717, 1.165) is 0 Å². The monoisotopic (exact) mass is 178 g/mol. The summed E-state index contributed by atoms with van der Waals surface area (Å²) in [6.45, 7) is 0. The first-order chi connectivity index (χ1) is 4.13. The molecule has 0 spiro atoms. The standard InChI is InChI=1S/H4N2.H4O5P2/c1-2;1-6(2)5-7(3)4/h1-2H2;1-4H. The molecule has 7 nitrogen and oxygen atoms in total. The SMILES string of the molecule is NN.OP(O)OP(O)O. The molecule has 0 aliphatic heterocycles. The third-order valence-corrected chi connectivity index (χ3v) is 1.31. The molecule has 0 bridgehead atoms. The van der Waals surface area contributed by atoms with Gasteiger partial charge in [0.1, 0.15) is 0 Å². The molecule has 0 amide bonds. The molecule has 0 aromatic heterocycles. The Bertz CT molecular complexity index is 42.2. The Balaban J connectivity index is 0. The van der Waals surface area contributed by atoms with Crippen molar-refractivity contribution in [2.45, 2.75) is 0 Å². The van der Waals surface area contributed by atoms with Crippen molar-refractivity contribution in [3.8, 4) is 0 Å². The van der Waals surface area contributed by atoms with Gasteiger partial charge in [-0.1, -0.05) is 0 Å². The van der Waals surface area contributed by atoms with E-state index >= 15 is 0 Å². The first-order valence-electron chi connectivity index (χ1n) is 1.50. The quantitative estimate of drug-likeness (QED) is 0.167. The van der Waals surface area contributed by atoms with Crippen LogP contribution in [0.1, 0.15) is 0 Å². The summed E-state index contributed by atoms with van der Waals surface area (Å²) in [5, 5.41) is 0. The summed E-state index contributed by atoms with van der Waals surface area (Å²) in [6, 6.07) is 0. The van der Waals surface area contributed by atoms with E-state index in [0.29, 0.717) is 0 Å². The number of hydrazine groups is 1. The van der Waals surface area contributed by atoms with Gasteiger partial charge in [0, 0.05) is 0 Å². The van der Waals surface area contributed by atoms with Gasteiger partial charge in [-0.05, 0) is 0 Å². The van der Waals surface area contributed by atoms with Gasteiger partial charge in [0.05, 0.1) is 0 Å². The summed E-state index contributed by atoms with van der Waals surface area (Å²) < 4.78 is 3.60. The maximum atomic E-state index is 7.82. The fourth-order valence-electron chi connectivity index (χ4n) is 0.0653. The topological polar surface area (TPSA) is 142 Å². The van der Waals surface area contributed by atoms with Crippen LogP contribution in [0, 0.1) is 0 Å². The molecule has 0 aliphatic carbocycles. The molecule has 58 valence electrons. The average Bonchev–Trinajstić information content (AvgIpc) is 1.68. The van der Waals surface area contributed by atoms with Gasteiger partial charge >= 0.3 is 17.2 Å². The number of rotatable bonds is 2. The van der Waals surface area contributed by atoms with Crippen molar-refractivity contribution >= 4 is 17.2 Å². The van der Waals surface area contributed by atoms with Crippen LogP contribution in [0.2, 0.25) is 0 Å². The van der Waals surface area contributed by atoms with E-state index in [2.05, 4.69) is 16.0 Å². The Labute approximate surface area is 53.8 Å². The predicted octanol–water partition coefficient (Wildman–Crippen LogP) is -1.76. The molecule has 0 saturated carbocycles. The number of nitrogens with two attached hydrogens (primary N) is 2. The van der Waals surface area contributed by atoms with Crippen molar-refractivity contribution < 1.29 is 23.9 Å². The fourth-order valence-corrected chi connectivity index (χ4v) is 0.588. The third-order valence-electron chi connectivity index (χ3n) is 0.146. The van der Waals surface area contributed by atoms with Crippen LogP contribution in [-0.2, 0) is 4.31 Å². The van der Waals surface area contributed by atoms with Crippen LogP contribution in [-0.4, -0.2) is 19.6 Å². The Morgan fingerprint density at radius 1 is 0.889 bits per heavy atom. The number of hydrogen-bond donors (Lipinski definition) is 6. The third kappa shape index (κ3) is 17.7. The lowest BCUT2D eigenvalue weighted by Crippen LogP contribution is -2.02. The van der Waals surface area contributed by atoms with Crippen molar-refractivity contribution in [1.29, 1.82) is 0 Å². The molecule has 0 atom stereocenters. The second kappa shape index (κ2) is 8.58. The summed E-state index contributed by atoms with van der Waals surface area (Å²) in [7, 11) is -5.22. The molecule has 0 aromatic carbocycles. The van der Waals surface area contributed by atoms with Crippen molar-refractivity contribution in [1.82, 2.24) is 0 Å². The smallest absolute Gasteiger partial charge is 0.328 e. The minimum atomic E-state index is -2.61. The number of hydrogen-bond acceptors (Lipinski definition) is 7. The second-order valence-electron chi connectivity index (χ2n) is 0.587. The molecular weight excluding hydrogens is 170 g/mol. The minimum Gasteiger partial charge on any atom is -0.328 e. The first kappa shape index (κ1) is 12.3. The molecule has 0 aromatic rings.